The molecule has 0 aliphatic carbocycles. The predicted molar refractivity (Wildman–Crippen MR) is 203 cm³/mol. The fraction of sp³-hybridized carbons (Fsp3) is 0. The molecular weight excluding hydrogens is 611 g/mol. The number of benzene rings is 5. The summed E-state index contributed by atoms with van der Waals surface area (Å²) in [5, 5.41) is 3.55. The first-order valence-electron chi connectivity index (χ1n) is 16.6. The van der Waals surface area contributed by atoms with Crippen LogP contribution < -0.4 is 0 Å². The van der Waals surface area contributed by atoms with Crippen LogP contribution in [0.4, 0.5) is 0 Å². The highest BCUT2D eigenvalue weighted by Crippen LogP contribution is 2.38. The summed E-state index contributed by atoms with van der Waals surface area (Å²) in [4.78, 5) is 23.5. The summed E-state index contributed by atoms with van der Waals surface area (Å²) in [6.07, 6.45) is 7.13. The molecule has 0 bridgehead atoms. The number of pyridine rings is 3. The van der Waals surface area contributed by atoms with Gasteiger partial charge in [-0.15, -0.1) is 0 Å². The van der Waals surface area contributed by atoms with E-state index in [4.69, 9.17) is 15.0 Å². The van der Waals surface area contributed by atoms with Crippen molar-refractivity contribution in [2.24, 2.45) is 0 Å². The van der Waals surface area contributed by atoms with Crippen LogP contribution in [0.25, 0.3) is 89.1 Å². The quantitative estimate of drug-likeness (QED) is 0.169. The molecule has 0 unspecified atom stereocenters. The number of rotatable bonds is 6. The topological polar surface area (TPSA) is 64.5 Å². The minimum atomic E-state index is 0.662. The Morgan fingerprint density at radius 1 is 0.340 bits per heavy atom. The summed E-state index contributed by atoms with van der Waals surface area (Å²) in [5.41, 5.74) is 12.2. The van der Waals surface area contributed by atoms with Gasteiger partial charge in [0.25, 0.3) is 0 Å². The summed E-state index contributed by atoms with van der Waals surface area (Å²) in [6.45, 7) is 0. The van der Waals surface area contributed by atoms with E-state index in [0.29, 0.717) is 5.82 Å². The van der Waals surface area contributed by atoms with Gasteiger partial charge in [0.15, 0.2) is 5.82 Å². The van der Waals surface area contributed by atoms with E-state index in [1.54, 1.807) is 24.8 Å². The molecule has 0 saturated carbocycles. The van der Waals surface area contributed by atoms with Crippen molar-refractivity contribution in [2.75, 3.05) is 0 Å². The molecule has 0 radical (unpaired) electrons. The Bertz CT molecular complexity index is 2560. The molecule has 0 aliphatic heterocycles. The van der Waals surface area contributed by atoms with Crippen molar-refractivity contribution in [3.63, 3.8) is 0 Å². The van der Waals surface area contributed by atoms with Gasteiger partial charge in [-0.2, -0.15) is 0 Å². The number of hydrogen-bond donors (Lipinski definition) is 0. The number of nitrogens with zero attached hydrogens (tertiary/aromatic N) is 5. The van der Waals surface area contributed by atoms with Gasteiger partial charge in [-0.05, 0) is 81.6 Å². The minimum Gasteiger partial charge on any atom is -0.265 e. The van der Waals surface area contributed by atoms with Gasteiger partial charge in [0.1, 0.15) is 0 Å². The molecule has 50 heavy (non-hydrogen) atoms. The van der Waals surface area contributed by atoms with Crippen LogP contribution in [0.5, 0.6) is 0 Å². The van der Waals surface area contributed by atoms with Gasteiger partial charge in [-0.25, -0.2) is 15.0 Å². The average molecular weight is 640 g/mol. The van der Waals surface area contributed by atoms with Crippen LogP contribution in [0.3, 0.4) is 0 Å². The summed E-state index contributed by atoms with van der Waals surface area (Å²) < 4.78 is 0. The Morgan fingerprint density at radius 2 is 0.920 bits per heavy atom. The molecule has 4 heterocycles. The SMILES string of the molecule is c1ccc(-c2cc(-c3cccc(-c4ccc(-c5nc(-c6ccncc6)cc(-c6ccncc6)n5)cc4)c3)c3c(ccc4ccccc43)n2)cc1. The van der Waals surface area contributed by atoms with Gasteiger partial charge in [-0.3, -0.25) is 9.97 Å². The first-order chi connectivity index (χ1) is 24.8. The van der Waals surface area contributed by atoms with Crippen molar-refractivity contribution in [2.45, 2.75) is 0 Å². The van der Waals surface area contributed by atoms with Crippen molar-refractivity contribution in [1.82, 2.24) is 24.9 Å². The zero-order valence-corrected chi connectivity index (χ0v) is 27.0. The Morgan fingerprint density at radius 3 is 1.64 bits per heavy atom. The molecule has 4 aromatic heterocycles. The molecule has 0 spiro atoms. The van der Waals surface area contributed by atoms with Crippen molar-refractivity contribution in [3.05, 3.63) is 176 Å². The maximum atomic E-state index is 5.13. The smallest absolute Gasteiger partial charge is 0.160 e. The highest BCUT2D eigenvalue weighted by Gasteiger charge is 2.15. The van der Waals surface area contributed by atoms with Gasteiger partial charge in [0.05, 0.1) is 22.6 Å². The lowest BCUT2D eigenvalue weighted by molar-refractivity contribution is 1.18. The molecule has 0 aliphatic rings. The maximum absolute atomic E-state index is 5.13. The average Bonchev–Trinajstić information content (AvgIpc) is 3.21. The van der Waals surface area contributed by atoms with Crippen LogP contribution in [0.1, 0.15) is 0 Å². The minimum absolute atomic E-state index is 0.662. The lowest BCUT2D eigenvalue weighted by Crippen LogP contribution is -1.96. The molecule has 5 nitrogen and oxygen atoms in total. The van der Waals surface area contributed by atoms with E-state index in [1.165, 1.54) is 10.8 Å². The van der Waals surface area contributed by atoms with Gasteiger partial charge in [0, 0.05) is 52.4 Å². The van der Waals surface area contributed by atoms with E-state index >= 15 is 0 Å². The molecule has 9 rings (SSSR count). The fourth-order valence-electron chi connectivity index (χ4n) is 6.59. The summed E-state index contributed by atoms with van der Waals surface area (Å²) in [6, 6.07) is 52.7. The summed E-state index contributed by atoms with van der Waals surface area (Å²) >= 11 is 0. The second kappa shape index (κ2) is 12.6. The van der Waals surface area contributed by atoms with E-state index in [1.807, 2.05) is 36.4 Å². The molecule has 5 heteroatoms. The molecule has 0 fully saturated rings. The molecule has 9 aromatic rings. The Balaban J connectivity index is 1.13. The van der Waals surface area contributed by atoms with Gasteiger partial charge in [0.2, 0.25) is 0 Å². The maximum Gasteiger partial charge on any atom is 0.160 e. The fourth-order valence-corrected chi connectivity index (χ4v) is 6.59. The number of hydrogen-bond acceptors (Lipinski definition) is 5. The van der Waals surface area contributed by atoms with Crippen molar-refractivity contribution >= 4 is 21.7 Å². The van der Waals surface area contributed by atoms with E-state index in [0.717, 1.165) is 72.5 Å². The molecular formula is C45H29N5. The molecule has 5 aromatic carbocycles. The molecule has 0 N–H and O–H groups in total. The Labute approximate surface area is 289 Å². The lowest BCUT2D eigenvalue weighted by atomic mass is 9.92. The van der Waals surface area contributed by atoms with Gasteiger partial charge >= 0.3 is 0 Å². The van der Waals surface area contributed by atoms with Gasteiger partial charge < -0.3 is 0 Å². The van der Waals surface area contributed by atoms with Crippen LogP contribution in [-0.2, 0) is 0 Å². The van der Waals surface area contributed by atoms with Crippen LogP contribution in [0.2, 0.25) is 0 Å². The van der Waals surface area contributed by atoms with E-state index in [2.05, 4.69) is 125 Å². The second-order valence-electron chi connectivity index (χ2n) is 12.2. The van der Waals surface area contributed by atoms with Gasteiger partial charge in [-0.1, -0.05) is 103 Å². The third-order valence-electron chi connectivity index (χ3n) is 9.10. The van der Waals surface area contributed by atoms with Crippen LogP contribution >= 0.6 is 0 Å². The number of aromatic nitrogens is 5. The monoisotopic (exact) mass is 639 g/mol. The molecule has 0 saturated heterocycles. The van der Waals surface area contributed by atoms with Crippen molar-refractivity contribution in [1.29, 1.82) is 0 Å². The zero-order valence-electron chi connectivity index (χ0n) is 27.0. The summed E-state index contributed by atoms with van der Waals surface area (Å²) in [5.74, 6) is 0.662. The first kappa shape index (κ1) is 29.3. The largest absolute Gasteiger partial charge is 0.265 e. The second-order valence-corrected chi connectivity index (χ2v) is 12.2. The van der Waals surface area contributed by atoms with Crippen LogP contribution in [-0.4, -0.2) is 24.9 Å². The van der Waals surface area contributed by atoms with E-state index in [9.17, 15) is 0 Å². The van der Waals surface area contributed by atoms with Crippen molar-refractivity contribution in [3.8, 4) is 67.4 Å². The van der Waals surface area contributed by atoms with E-state index in [-0.39, 0.29) is 0 Å². The predicted octanol–water partition coefficient (Wildman–Crippen LogP) is 11.0. The van der Waals surface area contributed by atoms with Crippen molar-refractivity contribution < 1.29 is 0 Å². The summed E-state index contributed by atoms with van der Waals surface area (Å²) in [7, 11) is 0. The third kappa shape index (κ3) is 5.57. The Hall–Kier alpha value is -6.85. The van der Waals surface area contributed by atoms with Crippen LogP contribution in [0.15, 0.2) is 176 Å². The standard InChI is InChI=1S/C45H29N5/c1-2-8-32(9-3-1)41-28-39(44-38-12-5-4-7-31(38)17-18-40(44)48-41)37-11-6-10-36(27-37)30-13-15-35(16-14-30)45-49-42(33-19-23-46-24-20-33)29-43(50-45)34-21-25-47-26-22-34/h1-29H. The lowest BCUT2D eigenvalue weighted by Gasteiger charge is -2.14. The first-order valence-corrected chi connectivity index (χ1v) is 16.6. The Kier molecular flexibility index (Phi) is 7.41. The normalized spacial score (nSPS) is 11.2. The number of fused-ring (bicyclic) bond motifs is 3. The molecule has 0 atom stereocenters. The van der Waals surface area contributed by atoms with E-state index < -0.39 is 0 Å². The molecule has 0 amide bonds. The van der Waals surface area contributed by atoms with Crippen LogP contribution in [0, 0.1) is 0 Å². The highest BCUT2D eigenvalue weighted by atomic mass is 14.9. The highest BCUT2D eigenvalue weighted by molar-refractivity contribution is 6.14. The molecule has 234 valence electrons. The zero-order chi connectivity index (χ0) is 33.3. The third-order valence-corrected chi connectivity index (χ3v) is 9.10.